The third kappa shape index (κ3) is 13.5. The lowest BCUT2D eigenvalue weighted by molar-refractivity contribution is -0.132. The first-order chi connectivity index (χ1) is 17.4. The number of benzene rings is 2. The summed E-state index contributed by atoms with van der Waals surface area (Å²) >= 11 is 7.07. The number of hydrogen-bond acceptors (Lipinski definition) is 6. The van der Waals surface area contributed by atoms with E-state index in [0.29, 0.717) is 11.5 Å². The Morgan fingerprint density at radius 2 is 1.14 bits per heavy atom. The summed E-state index contributed by atoms with van der Waals surface area (Å²) in [7, 11) is 0. The van der Waals surface area contributed by atoms with Crippen molar-refractivity contribution in [1.29, 1.82) is 0 Å². The molecule has 0 amide bonds. The molecule has 204 valence electrons. The van der Waals surface area contributed by atoms with Gasteiger partial charge in [-0.25, -0.2) is 9.59 Å². The zero-order valence-electron chi connectivity index (χ0n) is 21.3. The van der Waals surface area contributed by atoms with Crippen LogP contribution in [0, 0.1) is 0 Å². The van der Waals surface area contributed by atoms with Crippen molar-refractivity contribution < 1.29 is 39.5 Å². The van der Waals surface area contributed by atoms with E-state index in [1.54, 1.807) is 13.8 Å². The van der Waals surface area contributed by atoms with Crippen LogP contribution in [0.25, 0.3) is 0 Å². The SMILES string of the molecule is C/C=C/C(=O)O.C/C=C/C(=O)O.CC(C)(c1ccc(OCCO)c(Br)c1)c1ccc(OCCO)c(Br)c1. The van der Waals surface area contributed by atoms with Crippen LogP contribution in [0.15, 0.2) is 69.6 Å². The van der Waals surface area contributed by atoms with Crippen LogP contribution < -0.4 is 9.47 Å². The molecule has 0 aliphatic heterocycles. The molecular weight excluding hydrogens is 612 g/mol. The molecule has 0 aromatic heterocycles. The van der Waals surface area contributed by atoms with Crippen LogP contribution in [0.1, 0.15) is 38.8 Å². The van der Waals surface area contributed by atoms with Gasteiger partial charge in [-0.1, -0.05) is 38.1 Å². The highest BCUT2D eigenvalue weighted by atomic mass is 79.9. The molecule has 2 rings (SSSR count). The Bertz CT molecular complexity index is 967. The normalized spacial score (nSPS) is 10.8. The highest BCUT2D eigenvalue weighted by molar-refractivity contribution is 9.10. The minimum atomic E-state index is -0.891. The monoisotopic (exact) mass is 644 g/mol. The molecule has 0 fully saturated rings. The van der Waals surface area contributed by atoms with Crippen LogP contribution in [0.5, 0.6) is 11.5 Å². The number of carboxylic acids is 2. The molecule has 0 saturated carbocycles. The summed E-state index contributed by atoms with van der Waals surface area (Å²) in [5.41, 5.74) is 2.04. The molecule has 0 aliphatic rings. The molecule has 10 heteroatoms. The molecule has 4 N–H and O–H groups in total. The minimum absolute atomic E-state index is 0.0155. The second-order valence-corrected chi connectivity index (χ2v) is 9.44. The Morgan fingerprint density at radius 1 is 0.784 bits per heavy atom. The fourth-order valence-corrected chi connectivity index (χ4v) is 3.76. The third-order valence-electron chi connectivity index (χ3n) is 4.62. The summed E-state index contributed by atoms with van der Waals surface area (Å²) in [6.07, 6.45) is 5.12. The van der Waals surface area contributed by atoms with Gasteiger partial charge in [0.25, 0.3) is 0 Å². The van der Waals surface area contributed by atoms with E-state index in [-0.39, 0.29) is 31.8 Å². The number of allylic oxidation sites excluding steroid dienone is 2. The standard InChI is InChI=1S/C19H22Br2O4.2C4H6O2/c1-19(2,13-3-5-17(15(20)11-13)24-9-7-22)14-4-6-18(16(21)12-14)25-10-8-23;2*1-2-3-4(5)6/h3-6,11-12,22-23H,7-10H2,1-2H3;2*2-3H,1H3,(H,5,6)/b;2*3-2+. The smallest absolute Gasteiger partial charge is 0.327 e. The average molecular weight is 646 g/mol. The molecule has 0 atom stereocenters. The van der Waals surface area contributed by atoms with Crippen molar-refractivity contribution in [2.45, 2.75) is 33.1 Å². The first kappa shape index (κ1) is 34.3. The van der Waals surface area contributed by atoms with Gasteiger partial charge in [-0.15, -0.1) is 0 Å². The first-order valence-electron chi connectivity index (χ1n) is 11.2. The van der Waals surface area contributed by atoms with Gasteiger partial charge in [-0.05, 0) is 81.1 Å². The third-order valence-corrected chi connectivity index (χ3v) is 5.86. The lowest BCUT2D eigenvalue weighted by Gasteiger charge is -2.27. The Morgan fingerprint density at radius 3 is 1.35 bits per heavy atom. The minimum Gasteiger partial charge on any atom is -0.490 e. The van der Waals surface area contributed by atoms with E-state index in [1.165, 1.54) is 12.2 Å². The number of carbonyl (C=O) groups is 2. The molecule has 0 spiro atoms. The van der Waals surface area contributed by atoms with Gasteiger partial charge in [0.2, 0.25) is 0 Å². The van der Waals surface area contributed by atoms with Crippen molar-refractivity contribution in [3.05, 3.63) is 80.8 Å². The summed E-state index contributed by atoms with van der Waals surface area (Å²) in [6, 6.07) is 12.0. The van der Waals surface area contributed by atoms with Crippen molar-refractivity contribution in [2.75, 3.05) is 26.4 Å². The van der Waals surface area contributed by atoms with Crippen LogP contribution in [0.4, 0.5) is 0 Å². The molecule has 37 heavy (non-hydrogen) atoms. The van der Waals surface area contributed by atoms with Gasteiger partial charge in [0, 0.05) is 17.6 Å². The number of carboxylic acid groups (broad SMARTS) is 2. The van der Waals surface area contributed by atoms with E-state index in [4.69, 9.17) is 29.9 Å². The van der Waals surface area contributed by atoms with Crippen molar-refractivity contribution in [2.24, 2.45) is 0 Å². The van der Waals surface area contributed by atoms with E-state index >= 15 is 0 Å². The fourth-order valence-electron chi connectivity index (χ4n) is 2.78. The predicted octanol–water partition coefficient (Wildman–Crippen LogP) is 5.57. The van der Waals surface area contributed by atoms with Gasteiger partial charge in [-0.2, -0.15) is 0 Å². The van der Waals surface area contributed by atoms with E-state index in [0.717, 1.165) is 32.2 Å². The Kier molecular flexibility index (Phi) is 17.2. The Balaban J connectivity index is 0.000000896. The molecule has 2 aromatic rings. The number of rotatable bonds is 10. The molecule has 0 heterocycles. The van der Waals surface area contributed by atoms with Crippen LogP contribution in [-0.4, -0.2) is 58.8 Å². The van der Waals surface area contributed by atoms with Crippen LogP contribution in [0.3, 0.4) is 0 Å². The lowest BCUT2D eigenvalue weighted by Crippen LogP contribution is -2.19. The van der Waals surface area contributed by atoms with Crippen LogP contribution >= 0.6 is 31.9 Å². The van der Waals surface area contributed by atoms with Gasteiger partial charge in [-0.3, -0.25) is 0 Å². The maximum Gasteiger partial charge on any atom is 0.327 e. The summed E-state index contributed by atoms with van der Waals surface area (Å²) < 4.78 is 12.7. The molecule has 0 unspecified atom stereocenters. The van der Waals surface area contributed by atoms with E-state index in [1.807, 2.05) is 36.4 Å². The van der Waals surface area contributed by atoms with Gasteiger partial charge in [0.05, 0.1) is 22.2 Å². The summed E-state index contributed by atoms with van der Waals surface area (Å²) in [5.74, 6) is -0.361. The second-order valence-electron chi connectivity index (χ2n) is 7.74. The number of hydrogen-bond donors (Lipinski definition) is 4. The first-order valence-corrected chi connectivity index (χ1v) is 12.8. The quantitative estimate of drug-likeness (QED) is 0.246. The highest BCUT2D eigenvalue weighted by Gasteiger charge is 2.25. The molecule has 0 bridgehead atoms. The van der Waals surface area contributed by atoms with E-state index < -0.39 is 11.9 Å². The summed E-state index contributed by atoms with van der Waals surface area (Å²) in [4.78, 5) is 19.0. The van der Waals surface area contributed by atoms with Gasteiger partial charge >= 0.3 is 11.9 Å². The van der Waals surface area contributed by atoms with Crippen molar-refractivity contribution in [3.8, 4) is 11.5 Å². The topological polar surface area (TPSA) is 134 Å². The Hall–Kier alpha value is -2.66. The number of aliphatic hydroxyl groups is 2. The van der Waals surface area contributed by atoms with Crippen molar-refractivity contribution >= 4 is 43.8 Å². The molecule has 0 radical (unpaired) electrons. The van der Waals surface area contributed by atoms with Crippen molar-refractivity contribution in [1.82, 2.24) is 0 Å². The molecule has 0 saturated heterocycles. The average Bonchev–Trinajstić information content (AvgIpc) is 2.83. The molecule has 8 nitrogen and oxygen atoms in total. The zero-order chi connectivity index (χ0) is 28.4. The molecular formula is C27H34Br2O8. The molecule has 2 aromatic carbocycles. The predicted molar refractivity (Wildman–Crippen MR) is 150 cm³/mol. The fraction of sp³-hybridized carbons (Fsp3) is 0.333. The summed E-state index contributed by atoms with van der Waals surface area (Å²) in [5, 5.41) is 33.4. The summed E-state index contributed by atoms with van der Waals surface area (Å²) in [6.45, 7) is 8.13. The number of halogens is 2. The second kappa shape index (κ2) is 18.6. The van der Waals surface area contributed by atoms with E-state index in [9.17, 15) is 9.59 Å². The lowest BCUT2D eigenvalue weighted by atomic mass is 9.78. The molecule has 0 aliphatic carbocycles. The van der Waals surface area contributed by atoms with Crippen LogP contribution in [-0.2, 0) is 15.0 Å². The number of aliphatic hydroxyl groups excluding tert-OH is 2. The zero-order valence-corrected chi connectivity index (χ0v) is 24.5. The maximum atomic E-state index is 9.51. The Labute approximate surface area is 234 Å². The van der Waals surface area contributed by atoms with Gasteiger partial charge < -0.3 is 29.9 Å². The number of ether oxygens (including phenoxy) is 2. The van der Waals surface area contributed by atoms with Crippen molar-refractivity contribution in [3.63, 3.8) is 0 Å². The maximum absolute atomic E-state index is 9.51. The number of aliphatic carboxylic acids is 2. The van der Waals surface area contributed by atoms with Gasteiger partial charge in [0.15, 0.2) is 0 Å². The highest BCUT2D eigenvalue weighted by Crippen LogP contribution is 2.38. The largest absolute Gasteiger partial charge is 0.490 e. The van der Waals surface area contributed by atoms with Crippen LogP contribution in [0.2, 0.25) is 0 Å². The van der Waals surface area contributed by atoms with Gasteiger partial charge in [0.1, 0.15) is 24.7 Å². The van der Waals surface area contributed by atoms with E-state index in [2.05, 4.69) is 45.7 Å².